The molecule has 0 fully saturated rings. The summed E-state index contributed by atoms with van der Waals surface area (Å²) in [5.74, 6) is -1.17. The zero-order valence-corrected chi connectivity index (χ0v) is 11.7. The second kappa shape index (κ2) is 6.54. The molecule has 1 atom stereocenters. The van der Waals surface area contributed by atoms with Gasteiger partial charge in [-0.2, -0.15) is 0 Å². The Balaban J connectivity index is 3.00. The average Bonchev–Trinajstić information content (AvgIpc) is 2.71. The monoisotopic (exact) mass is 268 g/mol. The number of thiophene rings is 1. The first-order valence-corrected chi connectivity index (χ1v) is 7.00. The van der Waals surface area contributed by atoms with Gasteiger partial charge in [0.15, 0.2) is 0 Å². The highest BCUT2D eigenvalue weighted by atomic mass is 32.1. The van der Waals surface area contributed by atoms with Crippen LogP contribution >= 0.6 is 11.3 Å². The molecule has 1 rings (SSSR count). The first-order chi connectivity index (χ1) is 8.49. The van der Waals surface area contributed by atoms with Crippen molar-refractivity contribution in [3.05, 3.63) is 21.4 Å². The van der Waals surface area contributed by atoms with Crippen LogP contribution < -0.4 is 11.5 Å². The minimum atomic E-state index is -0.397. The molecule has 0 aliphatic carbocycles. The van der Waals surface area contributed by atoms with Crippen molar-refractivity contribution < 1.29 is 9.59 Å². The van der Waals surface area contributed by atoms with Gasteiger partial charge >= 0.3 is 0 Å². The summed E-state index contributed by atoms with van der Waals surface area (Å²) in [7, 11) is 0. The standard InChI is InChI=1S/C13H20N2O2S/c1-3-8-7-9(4-2)18-12(8)10(13(15)17)5-6-11(14)16/h7,10H,3-6H2,1-2H3,(H2,14,16)(H2,15,17). The summed E-state index contributed by atoms with van der Waals surface area (Å²) in [6.45, 7) is 4.13. The van der Waals surface area contributed by atoms with E-state index in [1.165, 1.54) is 4.88 Å². The van der Waals surface area contributed by atoms with Gasteiger partial charge in [-0.1, -0.05) is 13.8 Å². The van der Waals surface area contributed by atoms with Gasteiger partial charge < -0.3 is 11.5 Å². The Labute approximate surface area is 111 Å². The van der Waals surface area contributed by atoms with Crippen molar-refractivity contribution in [2.24, 2.45) is 11.5 Å². The van der Waals surface area contributed by atoms with Crippen LogP contribution in [0.5, 0.6) is 0 Å². The summed E-state index contributed by atoms with van der Waals surface area (Å²) in [5.41, 5.74) is 11.7. The number of carbonyl (C=O) groups excluding carboxylic acids is 2. The molecule has 1 unspecified atom stereocenters. The number of hydrogen-bond acceptors (Lipinski definition) is 3. The maximum Gasteiger partial charge on any atom is 0.225 e. The van der Waals surface area contributed by atoms with Crippen LogP contribution in [0.3, 0.4) is 0 Å². The maximum absolute atomic E-state index is 11.6. The number of primary amides is 2. The first kappa shape index (κ1) is 14.7. The zero-order valence-electron chi connectivity index (χ0n) is 10.9. The predicted molar refractivity (Wildman–Crippen MR) is 73.4 cm³/mol. The van der Waals surface area contributed by atoms with E-state index in [1.54, 1.807) is 11.3 Å². The van der Waals surface area contributed by atoms with Crippen LogP contribution in [0.15, 0.2) is 6.07 Å². The third-order valence-electron chi connectivity index (χ3n) is 2.96. The molecule has 100 valence electrons. The molecule has 5 heteroatoms. The number of nitrogens with two attached hydrogens (primary N) is 2. The predicted octanol–water partition coefficient (Wildman–Crippen LogP) is 1.71. The molecule has 0 spiro atoms. The maximum atomic E-state index is 11.6. The molecule has 4 N–H and O–H groups in total. The molecule has 0 aromatic carbocycles. The largest absolute Gasteiger partial charge is 0.370 e. The Hall–Kier alpha value is -1.36. The molecule has 0 radical (unpaired) electrons. The number of rotatable bonds is 7. The second-order valence-electron chi connectivity index (χ2n) is 4.27. The van der Waals surface area contributed by atoms with Crippen LogP contribution in [0.25, 0.3) is 0 Å². The van der Waals surface area contributed by atoms with E-state index in [0.29, 0.717) is 6.42 Å². The van der Waals surface area contributed by atoms with E-state index in [0.717, 1.165) is 23.3 Å². The van der Waals surface area contributed by atoms with Crippen LogP contribution in [-0.2, 0) is 22.4 Å². The molecule has 0 saturated heterocycles. The van der Waals surface area contributed by atoms with Crippen molar-refractivity contribution in [1.29, 1.82) is 0 Å². The van der Waals surface area contributed by atoms with Gasteiger partial charge in [0.2, 0.25) is 11.8 Å². The number of amides is 2. The van der Waals surface area contributed by atoms with E-state index < -0.39 is 11.8 Å². The van der Waals surface area contributed by atoms with Crippen molar-refractivity contribution in [3.63, 3.8) is 0 Å². The summed E-state index contributed by atoms with van der Waals surface area (Å²) in [6, 6.07) is 2.13. The highest BCUT2D eigenvalue weighted by molar-refractivity contribution is 7.12. The Morgan fingerprint density at radius 2 is 1.94 bits per heavy atom. The molecule has 1 heterocycles. The van der Waals surface area contributed by atoms with Crippen LogP contribution in [-0.4, -0.2) is 11.8 Å². The van der Waals surface area contributed by atoms with Gasteiger partial charge in [0.25, 0.3) is 0 Å². The summed E-state index contributed by atoms with van der Waals surface area (Å²) < 4.78 is 0. The first-order valence-electron chi connectivity index (χ1n) is 6.18. The molecule has 0 saturated carbocycles. The number of hydrogen-bond donors (Lipinski definition) is 2. The van der Waals surface area contributed by atoms with Crippen LogP contribution in [0.1, 0.15) is 47.9 Å². The Morgan fingerprint density at radius 3 is 2.39 bits per heavy atom. The van der Waals surface area contributed by atoms with Crippen molar-refractivity contribution in [2.45, 2.75) is 45.4 Å². The molecule has 2 amide bonds. The fourth-order valence-corrected chi connectivity index (χ4v) is 3.27. The van der Waals surface area contributed by atoms with E-state index in [4.69, 9.17) is 11.5 Å². The SMILES string of the molecule is CCc1cc(CC)c(C(CCC(N)=O)C(N)=O)s1. The zero-order chi connectivity index (χ0) is 13.7. The molecule has 0 aliphatic rings. The van der Waals surface area contributed by atoms with Crippen molar-refractivity contribution >= 4 is 23.2 Å². The normalized spacial score (nSPS) is 12.3. The van der Waals surface area contributed by atoms with Gasteiger partial charge in [-0.25, -0.2) is 0 Å². The average molecular weight is 268 g/mol. The lowest BCUT2D eigenvalue weighted by Gasteiger charge is -2.12. The van der Waals surface area contributed by atoms with E-state index in [9.17, 15) is 9.59 Å². The molecule has 1 aromatic rings. The lowest BCUT2D eigenvalue weighted by Crippen LogP contribution is -2.23. The Bertz CT molecular complexity index is 440. The third-order valence-corrected chi connectivity index (χ3v) is 4.40. The number of carbonyl (C=O) groups is 2. The summed E-state index contributed by atoms with van der Waals surface area (Å²) >= 11 is 1.62. The quantitative estimate of drug-likeness (QED) is 0.788. The van der Waals surface area contributed by atoms with Gasteiger partial charge in [-0.3, -0.25) is 9.59 Å². The van der Waals surface area contributed by atoms with Gasteiger partial charge in [-0.15, -0.1) is 11.3 Å². The van der Waals surface area contributed by atoms with Crippen LogP contribution in [0, 0.1) is 0 Å². The van der Waals surface area contributed by atoms with Crippen molar-refractivity contribution in [2.75, 3.05) is 0 Å². The van der Waals surface area contributed by atoms with Crippen molar-refractivity contribution in [3.8, 4) is 0 Å². The van der Waals surface area contributed by atoms with Crippen molar-refractivity contribution in [1.82, 2.24) is 0 Å². The fourth-order valence-electron chi connectivity index (χ4n) is 1.94. The second-order valence-corrected chi connectivity index (χ2v) is 5.44. The van der Waals surface area contributed by atoms with Crippen LogP contribution in [0.4, 0.5) is 0 Å². The summed E-state index contributed by atoms with van der Waals surface area (Å²) in [5, 5.41) is 0. The Kier molecular flexibility index (Phi) is 5.34. The molecule has 0 bridgehead atoms. The Morgan fingerprint density at radius 1 is 1.28 bits per heavy atom. The highest BCUT2D eigenvalue weighted by Crippen LogP contribution is 2.33. The van der Waals surface area contributed by atoms with Gasteiger partial charge in [-0.05, 0) is 30.9 Å². The molecule has 18 heavy (non-hydrogen) atoms. The third kappa shape index (κ3) is 3.57. The summed E-state index contributed by atoms with van der Waals surface area (Å²) in [6.07, 6.45) is 2.41. The fraction of sp³-hybridized carbons (Fsp3) is 0.538. The molecule has 4 nitrogen and oxygen atoms in total. The topological polar surface area (TPSA) is 86.2 Å². The minimum Gasteiger partial charge on any atom is -0.370 e. The van der Waals surface area contributed by atoms with E-state index >= 15 is 0 Å². The molecular weight excluding hydrogens is 248 g/mol. The van der Waals surface area contributed by atoms with E-state index in [-0.39, 0.29) is 12.3 Å². The molecule has 1 aromatic heterocycles. The smallest absolute Gasteiger partial charge is 0.225 e. The van der Waals surface area contributed by atoms with Gasteiger partial charge in [0.05, 0.1) is 5.92 Å². The molecular formula is C13H20N2O2S. The van der Waals surface area contributed by atoms with Gasteiger partial charge in [0, 0.05) is 16.2 Å². The van der Waals surface area contributed by atoms with Gasteiger partial charge in [0.1, 0.15) is 0 Å². The van der Waals surface area contributed by atoms with E-state index in [1.807, 2.05) is 0 Å². The van der Waals surface area contributed by atoms with E-state index in [2.05, 4.69) is 19.9 Å². The lowest BCUT2D eigenvalue weighted by atomic mass is 9.96. The molecule has 0 aliphatic heterocycles. The van der Waals surface area contributed by atoms with Crippen LogP contribution in [0.2, 0.25) is 0 Å². The minimum absolute atomic E-state index is 0.191. The highest BCUT2D eigenvalue weighted by Gasteiger charge is 2.23. The lowest BCUT2D eigenvalue weighted by molar-refractivity contribution is -0.120. The summed E-state index contributed by atoms with van der Waals surface area (Å²) in [4.78, 5) is 24.6. The number of aryl methyl sites for hydroxylation is 2.